The summed E-state index contributed by atoms with van der Waals surface area (Å²) >= 11 is 0. The van der Waals surface area contributed by atoms with E-state index in [2.05, 4.69) is 164 Å². The Morgan fingerprint density at radius 3 is 1.00 bits per heavy atom. The number of hydrogen-bond acceptors (Lipinski definition) is 5. The Kier molecular flexibility index (Phi) is 8.07. The van der Waals surface area contributed by atoms with Gasteiger partial charge in [-0.15, -0.1) is 0 Å². The second-order valence-electron chi connectivity index (χ2n) is 14.4. The molecule has 2 heterocycles. The first-order valence-electron chi connectivity index (χ1n) is 19.4. The highest BCUT2D eigenvalue weighted by molar-refractivity contribution is 6.20. The zero-order chi connectivity index (χ0) is 38.4. The molecule has 0 bridgehead atoms. The van der Waals surface area contributed by atoms with E-state index in [0.29, 0.717) is 23.3 Å². The van der Waals surface area contributed by atoms with Crippen molar-refractivity contribution < 1.29 is 0 Å². The van der Waals surface area contributed by atoms with Crippen molar-refractivity contribution in [1.82, 2.24) is 24.9 Å². The molecule has 2 aromatic heterocycles. The zero-order valence-corrected chi connectivity index (χ0v) is 31.3. The quantitative estimate of drug-likeness (QED) is 0.159. The summed E-state index contributed by atoms with van der Waals surface area (Å²) < 4.78 is 0. The van der Waals surface area contributed by atoms with E-state index >= 15 is 0 Å². The van der Waals surface area contributed by atoms with Gasteiger partial charge in [-0.1, -0.05) is 194 Å². The molecule has 0 aliphatic carbocycles. The predicted molar refractivity (Wildman–Crippen MR) is 238 cm³/mol. The van der Waals surface area contributed by atoms with Crippen LogP contribution in [-0.2, 0) is 0 Å². The Morgan fingerprint density at radius 1 is 0.241 bits per heavy atom. The van der Waals surface area contributed by atoms with Crippen molar-refractivity contribution in [3.05, 3.63) is 200 Å². The van der Waals surface area contributed by atoms with Gasteiger partial charge in [0.25, 0.3) is 0 Å². The molecular formula is C53H33N5. The maximum Gasteiger partial charge on any atom is 0.165 e. The number of nitrogens with zero attached hydrogens (tertiary/aromatic N) is 5. The van der Waals surface area contributed by atoms with Crippen LogP contribution in [0.15, 0.2) is 200 Å². The number of hydrogen-bond donors (Lipinski definition) is 0. The molecule has 0 N–H and O–H groups in total. The zero-order valence-electron chi connectivity index (χ0n) is 31.3. The van der Waals surface area contributed by atoms with Crippen LogP contribution in [0.25, 0.3) is 111 Å². The van der Waals surface area contributed by atoms with Crippen molar-refractivity contribution in [3.63, 3.8) is 0 Å². The third-order valence-electron chi connectivity index (χ3n) is 10.9. The summed E-state index contributed by atoms with van der Waals surface area (Å²) in [6, 6.07) is 69.1. The maximum absolute atomic E-state index is 5.39. The van der Waals surface area contributed by atoms with Gasteiger partial charge in [-0.05, 0) is 49.2 Å². The fourth-order valence-electron chi connectivity index (χ4n) is 8.25. The highest BCUT2D eigenvalue weighted by Gasteiger charge is 2.23. The van der Waals surface area contributed by atoms with Crippen molar-refractivity contribution >= 4 is 43.1 Å². The number of benzene rings is 9. The molecule has 270 valence electrons. The minimum atomic E-state index is 0.601. The highest BCUT2D eigenvalue weighted by atomic mass is 15.0. The second-order valence-corrected chi connectivity index (χ2v) is 14.4. The average molecular weight is 740 g/mol. The van der Waals surface area contributed by atoms with Gasteiger partial charge in [0, 0.05) is 33.4 Å². The van der Waals surface area contributed by atoms with E-state index in [-0.39, 0.29) is 0 Å². The molecule has 11 aromatic rings. The lowest BCUT2D eigenvalue weighted by Crippen LogP contribution is -2.03. The fourth-order valence-corrected chi connectivity index (χ4v) is 8.25. The molecule has 0 fully saturated rings. The van der Waals surface area contributed by atoms with Gasteiger partial charge in [0.2, 0.25) is 0 Å². The molecular weight excluding hydrogens is 707 g/mol. The van der Waals surface area contributed by atoms with E-state index in [1.54, 1.807) is 0 Å². The van der Waals surface area contributed by atoms with Gasteiger partial charge in [-0.25, -0.2) is 24.9 Å². The summed E-state index contributed by atoms with van der Waals surface area (Å²) in [5.74, 6) is 2.49. The lowest BCUT2D eigenvalue weighted by atomic mass is 9.90. The van der Waals surface area contributed by atoms with Crippen molar-refractivity contribution in [2.24, 2.45) is 0 Å². The van der Waals surface area contributed by atoms with Gasteiger partial charge in [0.15, 0.2) is 23.3 Å². The molecule has 0 radical (unpaired) electrons. The predicted octanol–water partition coefficient (Wildman–Crippen LogP) is 13.3. The third-order valence-corrected chi connectivity index (χ3v) is 10.9. The van der Waals surface area contributed by atoms with E-state index in [9.17, 15) is 0 Å². The fraction of sp³-hybridized carbons (Fsp3) is 0. The number of fused-ring (bicyclic) bond motifs is 4. The Morgan fingerprint density at radius 2 is 0.569 bits per heavy atom. The monoisotopic (exact) mass is 739 g/mol. The molecule has 0 unspecified atom stereocenters. The number of rotatable bonds is 6. The van der Waals surface area contributed by atoms with E-state index in [1.165, 1.54) is 0 Å². The van der Waals surface area contributed by atoms with Gasteiger partial charge in [0.05, 0.1) is 11.4 Å². The second kappa shape index (κ2) is 14.0. The molecule has 5 heteroatoms. The van der Waals surface area contributed by atoms with Crippen LogP contribution in [-0.4, -0.2) is 24.9 Å². The van der Waals surface area contributed by atoms with Crippen molar-refractivity contribution in [3.8, 4) is 68.1 Å². The van der Waals surface area contributed by atoms with Gasteiger partial charge >= 0.3 is 0 Å². The normalized spacial score (nSPS) is 11.4. The van der Waals surface area contributed by atoms with Gasteiger partial charge in [0.1, 0.15) is 0 Å². The summed E-state index contributed by atoms with van der Waals surface area (Å²) in [6.45, 7) is 0. The summed E-state index contributed by atoms with van der Waals surface area (Å²) in [7, 11) is 0. The van der Waals surface area contributed by atoms with E-state index < -0.39 is 0 Å². The first kappa shape index (κ1) is 33.4. The van der Waals surface area contributed by atoms with Crippen LogP contribution in [0.3, 0.4) is 0 Å². The molecule has 0 spiro atoms. The number of aromatic nitrogens is 5. The molecule has 0 amide bonds. The molecule has 0 saturated carbocycles. The smallest absolute Gasteiger partial charge is 0.165 e. The Labute approximate surface area is 335 Å². The van der Waals surface area contributed by atoms with Gasteiger partial charge in [-0.2, -0.15) is 0 Å². The van der Waals surface area contributed by atoms with Gasteiger partial charge in [-0.3, -0.25) is 0 Å². The molecule has 0 aliphatic rings. The SMILES string of the molecule is c1ccc(-c2cc(-c3ccccc3)nc(-c3c4ccccc4c(-c4nc(-c5cccc6ccccc56)nc(-c5cccc6ccccc56)n4)c4ccccc34)n2)cc1. The molecule has 0 aliphatic heterocycles. The first-order chi connectivity index (χ1) is 28.8. The van der Waals surface area contributed by atoms with Crippen molar-refractivity contribution in [2.75, 3.05) is 0 Å². The van der Waals surface area contributed by atoms with E-state index in [4.69, 9.17) is 24.9 Å². The van der Waals surface area contributed by atoms with Crippen LogP contribution in [0.5, 0.6) is 0 Å². The Hall–Kier alpha value is -7.89. The van der Waals surface area contributed by atoms with Crippen LogP contribution < -0.4 is 0 Å². The Bertz CT molecular complexity index is 3120. The lowest BCUT2D eigenvalue weighted by Gasteiger charge is -2.18. The summed E-state index contributed by atoms with van der Waals surface area (Å²) in [4.78, 5) is 26.7. The third kappa shape index (κ3) is 5.76. The topological polar surface area (TPSA) is 64.5 Å². The summed E-state index contributed by atoms with van der Waals surface area (Å²) in [6.07, 6.45) is 0. The van der Waals surface area contributed by atoms with E-state index in [0.717, 1.165) is 87.9 Å². The minimum Gasteiger partial charge on any atom is -0.228 e. The molecule has 5 nitrogen and oxygen atoms in total. The van der Waals surface area contributed by atoms with Crippen LogP contribution in [0, 0.1) is 0 Å². The molecule has 58 heavy (non-hydrogen) atoms. The lowest BCUT2D eigenvalue weighted by molar-refractivity contribution is 1.08. The average Bonchev–Trinajstić information content (AvgIpc) is 3.30. The molecule has 11 rings (SSSR count). The molecule has 0 atom stereocenters. The minimum absolute atomic E-state index is 0.601. The van der Waals surface area contributed by atoms with Crippen LogP contribution in [0.2, 0.25) is 0 Å². The highest BCUT2D eigenvalue weighted by Crippen LogP contribution is 2.44. The van der Waals surface area contributed by atoms with Crippen molar-refractivity contribution in [1.29, 1.82) is 0 Å². The van der Waals surface area contributed by atoms with Crippen molar-refractivity contribution in [2.45, 2.75) is 0 Å². The van der Waals surface area contributed by atoms with E-state index in [1.807, 2.05) is 36.4 Å². The maximum atomic E-state index is 5.39. The van der Waals surface area contributed by atoms with Crippen LogP contribution in [0.1, 0.15) is 0 Å². The summed E-state index contributed by atoms with van der Waals surface area (Å²) in [5, 5.41) is 8.46. The largest absolute Gasteiger partial charge is 0.228 e. The Balaban J connectivity index is 1.22. The molecule has 9 aromatic carbocycles. The summed E-state index contributed by atoms with van der Waals surface area (Å²) in [5.41, 5.74) is 7.57. The standard InChI is InChI=1S/C53H33N5/c1-3-19-36(20-4-1)46-33-47(37-21-5-2-6-22-37)55-52(54-46)48-40-27-11-13-29-42(40)49(43-30-14-12-28-41(43)48)53-57-50(44-31-15-23-34-17-7-9-25-38(34)44)56-51(58-53)45-32-16-24-35-18-8-10-26-39(35)45/h1-33H. The first-order valence-corrected chi connectivity index (χ1v) is 19.4. The van der Waals surface area contributed by atoms with Gasteiger partial charge < -0.3 is 0 Å². The van der Waals surface area contributed by atoms with Crippen LogP contribution in [0.4, 0.5) is 0 Å². The molecule has 0 saturated heterocycles. The van der Waals surface area contributed by atoms with Crippen LogP contribution >= 0.6 is 0 Å².